The molecule has 0 saturated heterocycles. The fourth-order valence-corrected chi connectivity index (χ4v) is 2.64. The number of rotatable bonds is 4. The number of nitrogens with zero attached hydrogens (tertiary/aromatic N) is 1. The second-order valence-corrected chi connectivity index (χ2v) is 5.79. The molecule has 0 amide bonds. The van der Waals surface area contributed by atoms with Crippen molar-refractivity contribution in [2.24, 2.45) is 0 Å². The lowest BCUT2D eigenvalue weighted by Gasteiger charge is -2.01. The van der Waals surface area contributed by atoms with E-state index in [1.54, 1.807) is 0 Å². The molecule has 2 aromatic rings. The highest BCUT2D eigenvalue weighted by atomic mass is 79.9. The summed E-state index contributed by atoms with van der Waals surface area (Å²) in [4.78, 5) is 27.5. The van der Waals surface area contributed by atoms with E-state index in [4.69, 9.17) is 0 Å². The van der Waals surface area contributed by atoms with Crippen LogP contribution in [0, 0.1) is 0 Å². The zero-order valence-electron chi connectivity index (χ0n) is 10.8. The number of ether oxygens (including phenoxy) is 1. The van der Waals surface area contributed by atoms with Crippen molar-refractivity contribution in [2.75, 3.05) is 12.4 Å². The molecule has 1 aromatic heterocycles. The number of hydrogen-bond acceptors (Lipinski definition) is 6. The lowest BCUT2D eigenvalue weighted by atomic mass is 10.3. The number of aromatic nitrogens is 1. The molecule has 7 heteroatoms. The van der Waals surface area contributed by atoms with Crippen LogP contribution < -0.4 is 5.32 Å². The Bertz CT molecular complexity index is 652. The Balaban J connectivity index is 2.31. The van der Waals surface area contributed by atoms with Crippen molar-refractivity contribution in [1.82, 2.24) is 4.98 Å². The molecule has 20 heavy (non-hydrogen) atoms. The van der Waals surface area contributed by atoms with Crippen molar-refractivity contribution < 1.29 is 14.3 Å². The molecule has 0 fully saturated rings. The lowest BCUT2D eigenvalue weighted by Crippen LogP contribution is -2.07. The minimum Gasteiger partial charge on any atom is -0.464 e. The normalized spacial score (nSPS) is 10.2. The van der Waals surface area contributed by atoms with E-state index in [0.29, 0.717) is 5.13 Å². The number of benzene rings is 1. The molecule has 0 radical (unpaired) electrons. The summed E-state index contributed by atoms with van der Waals surface area (Å²) in [6, 6.07) is 7.47. The average molecular weight is 355 g/mol. The maximum Gasteiger partial charge on any atom is 0.358 e. The fourth-order valence-electron chi connectivity index (χ4n) is 1.50. The summed E-state index contributed by atoms with van der Waals surface area (Å²) in [5.41, 5.74) is 0.859. The molecule has 5 nitrogen and oxygen atoms in total. The van der Waals surface area contributed by atoms with Gasteiger partial charge in [0.2, 0.25) is 0 Å². The molecular formula is C13H11BrN2O3S. The Labute approximate surface area is 128 Å². The van der Waals surface area contributed by atoms with Gasteiger partial charge in [-0.1, -0.05) is 27.3 Å². The molecule has 0 bridgehead atoms. The smallest absolute Gasteiger partial charge is 0.358 e. The van der Waals surface area contributed by atoms with Gasteiger partial charge >= 0.3 is 5.97 Å². The van der Waals surface area contributed by atoms with Gasteiger partial charge in [-0.25, -0.2) is 9.78 Å². The molecule has 1 N–H and O–H groups in total. The predicted molar refractivity (Wildman–Crippen MR) is 80.9 cm³/mol. The van der Waals surface area contributed by atoms with Gasteiger partial charge in [-0.05, 0) is 24.3 Å². The van der Waals surface area contributed by atoms with Crippen LogP contribution in [0.5, 0.6) is 0 Å². The third kappa shape index (κ3) is 3.23. The predicted octanol–water partition coefficient (Wildman–Crippen LogP) is 3.64. The Morgan fingerprint density at radius 2 is 1.95 bits per heavy atom. The van der Waals surface area contributed by atoms with Gasteiger partial charge in [0.05, 0.1) is 7.11 Å². The van der Waals surface area contributed by atoms with Crippen LogP contribution in [0.2, 0.25) is 0 Å². The van der Waals surface area contributed by atoms with E-state index in [-0.39, 0.29) is 16.4 Å². The number of hydrogen-bond donors (Lipinski definition) is 1. The van der Waals surface area contributed by atoms with Gasteiger partial charge in [-0.2, -0.15) is 0 Å². The van der Waals surface area contributed by atoms with Gasteiger partial charge in [-0.3, -0.25) is 4.79 Å². The molecule has 0 unspecified atom stereocenters. The first kappa shape index (κ1) is 14.7. The van der Waals surface area contributed by atoms with Gasteiger partial charge in [0.25, 0.3) is 0 Å². The number of nitrogens with one attached hydrogen (secondary N) is 1. The molecule has 2 rings (SSSR count). The summed E-state index contributed by atoms with van der Waals surface area (Å²) >= 11 is 4.47. The van der Waals surface area contributed by atoms with Crippen molar-refractivity contribution in [3.8, 4) is 0 Å². The lowest BCUT2D eigenvalue weighted by molar-refractivity contribution is 0.0591. The molecule has 0 spiro atoms. The highest BCUT2D eigenvalue weighted by molar-refractivity contribution is 9.10. The molecule has 0 atom stereocenters. The number of esters is 1. The SMILES string of the molecule is COC(=O)c1nc(Nc2ccc(Br)cc2)sc1C(C)=O. The summed E-state index contributed by atoms with van der Waals surface area (Å²) in [7, 11) is 1.26. The van der Waals surface area contributed by atoms with Gasteiger partial charge < -0.3 is 10.1 Å². The van der Waals surface area contributed by atoms with Crippen molar-refractivity contribution in [1.29, 1.82) is 0 Å². The number of thiazole rings is 1. The second-order valence-electron chi connectivity index (χ2n) is 3.88. The molecule has 0 aliphatic rings. The van der Waals surface area contributed by atoms with Crippen LogP contribution in [0.3, 0.4) is 0 Å². The highest BCUT2D eigenvalue weighted by Crippen LogP contribution is 2.27. The van der Waals surface area contributed by atoms with E-state index in [0.717, 1.165) is 21.5 Å². The van der Waals surface area contributed by atoms with Crippen LogP contribution in [0.1, 0.15) is 27.1 Å². The number of halogens is 1. The summed E-state index contributed by atoms with van der Waals surface area (Å²) in [5, 5.41) is 3.52. The number of anilines is 2. The van der Waals surface area contributed by atoms with Gasteiger partial charge in [0.15, 0.2) is 16.6 Å². The maximum absolute atomic E-state index is 11.6. The number of ketones is 1. The first-order chi connectivity index (χ1) is 9.51. The zero-order valence-corrected chi connectivity index (χ0v) is 13.2. The van der Waals surface area contributed by atoms with Crippen LogP contribution in [0.4, 0.5) is 10.8 Å². The van der Waals surface area contributed by atoms with E-state index < -0.39 is 5.97 Å². The fraction of sp³-hybridized carbons (Fsp3) is 0.154. The van der Waals surface area contributed by atoms with Crippen LogP contribution >= 0.6 is 27.3 Å². The van der Waals surface area contributed by atoms with E-state index in [1.807, 2.05) is 24.3 Å². The van der Waals surface area contributed by atoms with Crippen LogP contribution in [-0.4, -0.2) is 23.8 Å². The van der Waals surface area contributed by atoms with Crippen LogP contribution in [0.15, 0.2) is 28.7 Å². The number of Topliss-reactive ketones (excluding diaryl/α,β-unsaturated/α-hetero) is 1. The minimum absolute atomic E-state index is 0.0459. The minimum atomic E-state index is -0.615. The molecule has 1 heterocycles. The average Bonchev–Trinajstić information content (AvgIpc) is 2.84. The van der Waals surface area contributed by atoms with Crippen molar-refractivity contribution in [3.05, 3.63) is 39.3 Å². The van der Waals surface area contributed by atoms with Crippen molar-refractivity contribution >= 4 is 49.8 Å². The Morgan fingerprint density at radius 1 is 1.30 bits per heavy atom. The van der Waals surface area contributed by atoms with Gasteiger partial charge in [0, 0.05) is 17.1 Å². The third-order valence-electron chi connectivity index (χ3n) is 2.42. The number of methoxy groups -OCH3 is 1. The van der Waals surface area contributed by atoms with Gasteiger partial charge in [0.1, 0.15) is 4.88 Å². The molecule has 0 aliphatic carbocycles. The molecular weight excluding hydrogens is 344 g/mol. The van der Waals surface area contributed by atoms with Crippen molar-refractivity contribution in [2.45, 2.75) is 6.92 Å². The van der Waals surface area contributed by atoms with E-state index in [9.17, 15) is 9.59 Å². The standard InChI is InChI=1S/C13H11BrN2O3S/c1-7(17)11-10(12(18)19-2)16-13(20-11)15-9-5-3-8(14)4-6-9/h3-6H,1-2H3,(H,15,16). The van der Waals surface area contributed by atoms with E-state index >= 15 is 0 Å². The van der Waals surface area contributed by atoms with E-state index in [2.05, 4.69) is 31.0 Å². The second kappa shape index (κ2) is 6.15. The zero-order chi connectivity index (χ0) is 14.7. The first-order valence-electron chi connectivity index (χ1n) is 5.64. The topological polar surface area (TPSA) is 68.3 Å². The van der Waals surface area contributed by atoms with Gasteiger partial charge in [-0.15, -0.1) is 0 Å². The van der Waals surface area contributed by atoms with Crippen molar-refractivity contribution in [3.63, 3.8) is 0 Å². The summed E-state index contributed by atoms with van der Waals surface area (Å²) in [6.45, 7) is 1.39. The highest BCUT2D eigenvalue weighted by Gasteiger charge is 2.21. The number of carbonyl (C=O) groups is 2. The Morgan fingerprint density at radius 3 is 2.50 bits per heavy atom. The molecule has 1 aromatic carbocycles. The first-order valence-corrected chi connectivity index (χ1v) is 7.25. The Kier molecular flexibility index (Phi) is 4.51. The summed E-state index contributed by atoms with van der Waals surface area (Å²) < 4.78 is 5.59. The molecule has 0 saturated carbocycles. The largest absolute Gasteiger partial charge is 0.464 e. The van der Waals surface area contributed by atoms with Crippen LogP contribution in [0.25, 0.3) is 0 Å². The maximum atomic E-state index is 11.6. The summed E-state index contributed by atoms with van der Waals surface area (Å²) in [6.07, 6.45) is 0. The molecule has 0 aliphatic heterocycles. The number of carbonyl (C=O) groups excluding carboxylic acids is 2. The Hall–Kier alpha value is -1.73. The van der Waals surface area contributed by atoms with E-state index in [1.165, 1.54) is 14.0 Å². The molecule has 104 valence electrons. The quantitative estimate of drug-likeness (QED) is 0.670. The monoisotopic (exact) mass is 354 g/mol. The third-order valence-corrected chi connectivity index (χ3v) is 4.02. The van der Waals surface area contributed by atoms with Crippen LogP contribution in [-0.2, 0) is 4.74 Å². The summed E-state index contributed by atoms with van der Waals surface area (Å²) in [5.74, 6) is -0.831.